The second-order valence-corrected chi connectivity index (χ2v) is 13.3. The van der Waals surface area contributed by atoms with Crippen LogP contribution in [0.15, 0.2) is 18.2 Å². The summed E-state index contributed by atoms with van der Waals surface area (Å²) in [5.41, 5.74) is 2.70. The van der Waals surface area contributed by atoms with E-state index in [1.165, 1.54) is 0 Å². The molecule has 5 heterocycles. The van der Waals surface area contributed by atoms with Crippen LogP contribution in [0.25, 0.3) is 5.57 Å². The number of sulfonamides is 1. The molecule has 2 aromatic rings. The zero-order chi connectivity index (χ0) is 26.4. The third-order valence-corrected chi connectivity index (χ3v) is 9.83. The molecule has 0 aromatic carbocycles. The zero-order valence-corrected chi connectivity index (χ0v) is 23.3. The maximum absolute atomic E-state index is 12.9. The van der Waals surface area contributed by atoms with Crippen molar-refractivity contribution in [2.75, 3.05) is 29.6 Å². The molecule has 3 atom stereocenters. The van der Waals surface area contributed by atoms with Crippen molar-refractivity contribution in [2.45, 2.75) is 89.9 Å². The van der Waals surface area contributed by atoms with Crippen LogP contribution >= 0.6 is 0 Å². The average molecular weight is 530 g/mol. The molecule has 2 saturated heterocycles. The highest BCUT2D eigenvalue weighted by molar-refractivity contribution is 7.89. The van der Waals surface area contributed by atoms with Crippen LogP contribution in [0.4, 0.5) is 17.6 Å². The smallest absolute Gasteiger partial charge is 0.227 e. The van der Waals surface area contributed by atoms with Crippen LogP contribution in [0.3, 0.4) is 0 Å². The molecule has 0 unspecified atom stereocenters. The highest BCUT2D eigenvalue weighted by Gasteiger charge is 2.45. The molecule has 0 aliphatic carbocycles. The summed E-state index contributed by atoms with van der Waals surface area (Å²) in [5, 5.41) is 10.6. The molecule has 3 aliphatic heterocycles. The predicted octanol–water partition coefficient (Wildman–Crippen LogP) is 4.01. The van der Waals surface area contributed by atoms with Crippen molar-refractivity contribution in [1.29, 1.82) is 0 Å². The number of fused-ring (bicyclic) bond motifs is 2. The van der Waals surface area contributed by atoms with E-state index in [0.29, 0.717) is 24.2 Å². The molecule has 2 bridgehead atoms. The fourth-order valence-corrected chi connectivity index (χ4v) is 7.56. The summed E-state index contributed by atoms with van der Waals surface area (Å²) in [6, 6.07) is 4.15. The lowest BCUT2D eigenvalue weighted by Gasteiger charge is -2.49. The number of H-pyrrole nitrogens is 1. The standard InChI is InChI=1S/C26H39N7O3S/c1-6-37(34,35)33-19-8-7-9-20(33)14-21(13-19)32(5)25-27-22(18-10-11-36-26(3,4)16-18)15-23(29-25)28-24-12-17(2)30-31-24/h10,12,15,19-21H,6-9,11,13-14,16H2,1-5H3,(H2,27,28,29,30,31)/t19-,20+,21-. The quantitative estimate of drug-likeness (QED) is 0.553. The van der Waals surface area contributed by atoms with E-state index < -0.39 is 10.0 Å². The number of hydrogen-bond donors (Lipinski definition) is 2. The molecule has 37 heavy (non-hydrogen) atoms. The number of nitrogens with zero attached hydrogens (tertiary/aromatic N) is 5. The summed E-state index contributed by atoms with van der Waals surface area (Å²) in [5.74, 6) is 2.16. The molecule has 202 valence electrons. The number of nitrogens with one attached hydrogen (secondary N) is 2. The van der Waals surface area contributed by atoms with Crippen LogP contribution in [-0.4, -0.2) is 76.0 Å². The Kier molecular flexibility index (Phi) is 7.06. The van der Waals surface area contributed by atoms with Gasteiger partial charge in [0.05, 0.1) is 23.7 Å². The lowest BCUT2D eigenvalue weighted by atomic mass is 9.83. The van der Waals surface area contributed by atoms with Crippen LogP contribution in [0, 0.1) is 6.92 Å². The molecule has 0 radical (unpaired) electrons. The third-order valence-electron chi connectivity index (χ3n) is 7.86. The number of piperidine rings is 2. The Hall–Kier alpha value is -2.50. The molecule has 2 aromatic heterocycles. The van der Waals surface area contributed by atoms with Gasteiger partial charge >= 0.3 is 0 Å². The first-order valence-electron chi connectivity index (χ1n) is 13.3. The molecule has 5 rings (SSSR count). The highest BCUT2D eigenvalue weighted by Crippen LogP contribution is 2.39. The minimum atomic E-state index is -3.22. The van der Waals surface area contributed by atoms with Gasteiger partial charge in [-0.3, -0.25) is 5.10 Å². The van der Waals surface area contributed by atoms with Gasteiger partial charge in [-0.15, -0.1) is 0 Å². The Labute approximate surface area is 219 Å². The topological polar surface area (TPSA) is 116 Å². The van der Waals surface area contributed by atoms with Crippen molar-refractivity contribution in [3.63, 3.8) is 0 Å². The maximum Gasteiger partial charge on any atom is 0.227 e. The number of ether oxygens (including phenoxy) is 1. The van der Waals surface area contributed by atoms with E-state index in [1.807, 2.05) is 30.4 Å². The monoisotopic (exact) mass is 529 g/mol. The molecule has 2 N–H and O–H groups in total. The summed E-state index contributed by atoms with van der Waals surface area (Å²) < 4.78 is 33.4. The first-order valence-corrected chi connectivity index (χ1v) is 14.9. The van der Waals surface area contributed by atoms with Crippen LogP contribution in [-0.2, 0) is 14.8 Å². The molecule has 0 spiro atoms. The highest BCUT2D eigenvalue weighted by atomic mass is 32.2. The molecule has 0 saturated carbocycles. The zero-order valence-electron chi connectivity index (χ0n) is 22.5. The summed E-state index contributed by atoms with van der Waals surface area (Å²) >= 11 is 0. The van der Waals surface area contributed by atoms with Crippen molar-refractivity contribution in [2.24, 2.45) is 0 Å². The SMILES string of the molecule is CCS(=O)(=O)N1[C@@H]2CCC[C@H]1C[C@H](N(C)c1nc(Nc3cc(C)[nH]n3)cc(C3=CCOC(C)(C)C3)n1)C2. The fraction of sp³-hybridized carbons (Fsp3) is 0.654. The van der Waals surface area contributed by atoms with E-state index in [2.05, 4.69) is 40.3 Å². The van der Waals surface area contributed by atoms with Crippen molar-refractivity contribution in [1.82, 2.24) is 24.5 Å². The molecular formula is C26H39N7O3S. The van der Waals surface area contributed by atoms with Gasteiger partial charge in [0, 0.05) is 49.4 Å². The maximum atomic E-state index is 12.9. The van der Waals surface area contributed by atoms with Gasteiger partial charge in [-0.2, -0.15) is 14.4 Å². The first-order chi connectivity index (χ1) is 17.5. The van der Waals surface area contributed by atoms with Crippen LogP contribution in [0.2, 0.25) is 0 Å². The number of aryl methyl sites for hydroxylation is 1. The Morgan fingerprint density at radius 1 is 1.19 bits per heavy atom. The van der Waals surface area contributed by atoms with Gasteiger partial charge in [0.1, 0.15) is 5.82 Å². The Morgan fingerprint density at radius 3 is 2.54 bits per heavy atom. The molecule has 0 amide bonds. The molecule has 2 fully saturated rings. The largest absolute Gasteiger partial charge is 0.371 e. The summed E-state index contributed by atoms with van der Waals surface area (Å²) in [6.07, 6.45) is 7.32. The van der Waals surface area contributed by atoms with Gasteiger partial charge in [-0.25, -0.2) is 13.4 Å². The van der Waals surface area contributed by atoms with E-state index >= 15 is 0 Å². The van der Waals surface area contributed by atoms with E-state index in [4.69, 9.17) is 14.7 Å². The lowest BCUT2D eigenvalue weighted by Crippen LogP contribution is -2.58. The van der Waals surface area contributed by atoms with Gasteiger partial charge < -0.3 is 15.0 Å². The van der Waals surface area contributed by atoms with Gasteiger partial charge in [0.2, 0.25) is 16.0 Å². The predicted molar refractivity (Wildman–Crippen MR) is 145 cm³/mol. The summed E-state index contributed by atoms with van der Waals surface area (Å²) in [7, 11) is -1.19. The van der Waals surface area contributed by atoms with Gasteiger partial charge in [-0.1, -0.05) is 12.5 Å². The first kappa shape index (κ1) is 26.1. The Morgan fingerprint density at radius 2 is 1.92 bits per heavy atom. The summed E-state index contributed by atoms with van der Waals surface area (Å²) in [4.78, 5) is 12.0. The Bertz CT molecular complexity index is 1260. The lowest BCUT2D eigenvalue weighted by molar-refractivity contribution is -0.00306. The number of aromatic nitrogens is 4. The van der Waals surface area contributed by atoms with Gasteiger partial charge in [0.25, 0.3) is 0 Å². The fourth-order valence-electron chi connectivity index (χ4n) is 5.97. The average Bonchev–Trinajstić information content (AvgIpc) is 3.26. The third kappa shape index (κ3) is 5.53. The number of aromatic amines is 1. The second-order valence-electron chi connectivity index (χ2n) is 11.2. The van der Waals surface area contributed by atoms with Crippen LogP contribution in [0.5, 0.6) is 0 Å². The van der Waals surface area contributed by atoms with E-state index in [1.54, 1.807) is 6.92 Å². The minimum absolute atomic E-state index is 0.0386. The number of rotatable bonds is 7. The Balaban J connectivity index is 1.46. The van der Waals surface area contributed by atoms with E-state index in [-0.39, 0.29) is 29.5 Å². The molecular weight excluding hydrogens is 490 g/mol. The van der Waals surface area contributed by atoms with Crippen molar-refractivity contribution in [3.8, 4) is 0 Å². The van der Waals surface area contributed by atoms with Crippen molar-refractivity contribution in [3.05, 3.63) is 29.6 Å². The van der Waals surface area contributed by atoms with Gasteiger partial charge in [-0.05, 0) is 59.0 Å². The molecule has 3 aliphatic rings. The summed E-state index contributed by atoms with van der Waals surface area (Å²) in [6.45, 7) is 8.43. The van der Waals surface area contributed by atoms with Crippen molar-refractivity contribution >= 4 is 33.2 Å². The van der Waals surface area contributed by atoms with E-state index in [9.17, 15) is 8.42 Å². The molecule has 10 nitrogen and oxygen atoms in total. The van der Waals surface area contributed by atoms with Crippen molar-refractivity contribution < 1.29 is 13.2 Å². The minimum Gasteiger partial charge on any atom is -0.371 e. The van der Waals surface area contributed by atoms with Crippen LogP contribution < -0.4 is 10.2 Å². The van der Waals surface area contributed by atoms with E-state index in [0.717, 1.165) is 55.5 Å². The second kappa shape index (κ2) is 9.99. The normalized spacial score (nSPS) is 26.0. The number of anilines is 3. The molecule has 11 heteroatoms. The van der Waals surface area contributed by atoms with Crippen LogP contribution in [0.1, 0.15) is 70.7 Å². The number of hydrogen-bond acceptors (Lipinski definition) is 8. The van der Waals surface area contributed by atoms with Gasteiger partial charge in [0.15, 0.2) is 5.82 Å².